The first-order valence-electron chi connectivity index (χ1n) is 10.5. The average Bonchev–Trinajstić information content (AvgIpc) is 2.69. The Kier molecular flexibility index (Phi) is 9.18. The van der Waals surface area contributed by atoms with Crippen molar-refractivity contribution < 1.29 is 9.53 Å². The second-order valence-corrected chi connectivity index (χ2v) is 8.11. The molecule has 1 aromatic rings. The molecule has 2 N–H and O–H groups in total. The van der Waals surface area contributed by atoms with Crippen LogP contribution in [0.1, 0.15) is 39.8 Å². The second-order valence-electron chi connectivity index (χ2n) is 8.11. The molecule has 1 aromatic heterocycles. The Bertz CT molecular complexity index is 636. The summed E-state index contributed by atoms with van der Waals surface area (Å²) in [5, 5.41) is 6.65. The van der Waals surface area contributed by atoms with Gasteiger partial charge in [0.1, 0.15) is 5.60 Å². The summed E-state index contributed by atoms with van der Waals surface area (Å²) in [5.74, 6) is 0.813. The molecule has 0 saturated carbocycles. The number of ether oxygens (including phenoxy) is 1. The Morgan fingerprint density at radius 3 is 2.59 bits per heavy atom. The van der Waals surface area contributed by atoms with Crippen LogP contribution < -0.4 is 10.6 Å². The summed E-state index contributed by atoms with van der Waals surface area (Å²) in [6.07, 6.45) is 2.59. The van der Waals surface area contributed by atoms with Gasteiger partial charge in [0.15, 0.2) is 5.96 Å². The standard InChI is InChI=1S/C21H36N6O2/c1-5-22-19(25-17-18-9-6-7-10-23-18)24-11-8-12-26-13-15-27(16-14-26)20(28)29-21(2,3)4/h6-7,9-10H,5,8,11-17H2,1-4H3,(H2,22,24,25). The van der Waals surface area contributed by atoms with Crippen molar-refractivity contribution in [2.24, 2.45) is 4.99 Å². The molecule has 0 unspecified atom stereocenters. The largest absolute Gasteiger partial charge is 0.444 e. The van der Waals surface area contributed by atoms with E-state index in [0.717, 1.165) is 63.9 Å². The van der Waals surface area contributed by atoms with Gasteiger partial charge in [0.05, 0.1) is 12.2 Å². The molecule has 29 heavy (non-hydrogen) atoms. The third kappa shape index (κ3) is 9.13. The maximum atomic E-state index is 12.1. The van der Waals surface area contributed by atoms with E-state index in [1.807, 2.05) is 39.0 Å². The number of nitrogens with one attached hydrogen (secondary N) is 2. The first-order chi connectivity index (χ1) is 13.9. The van der Waals surface area contributed by atoms with Crippen molar-refractivity contribution in [2.45, 2.75) is 46.3 Å². The summed E-state index contributed by atoms with van der Waals surface area (Å²) in [5.41, 5.74) is 0.509. The van der Waals surface area contributed by atoms with Crippen LogP contribution in [0.5, 0.6) is 0 Å². The van der Waals surface area contributed by atoms with E-state index in [0.29, 0.717) is 6.54 Å². The van der Waals surface area contributed by atoms with Crippen molar-refractivity contribution in [3.8, 4) is 0 Å². The third-order valence-electron chi connectivity index (χ3n) is 4.44. The third-order valence-corrected chi connectivity index (χ3v) is 4.44. The molecule has 1 saturated heterocycles. The van der Waals surface area contributed by atoms with E-state index in [-0.39, 0.29) is 6.09 Å². The van der Waals surface area contributed by atoms with Crippen molar-refractivity contribution >= 4 is 12.1 Å². The Balaban J connectivity index is 1.65. The van der Waals surface area contributed by atoms with Crippen LogP contribution in [0.2, 0.25) is 0 Å². The van der Waals surface area contributed by atoms with Gasteiger partial charge in [-0.3, -0.25) is 9.88 Å². The molecule has 0 aliphatic carbocycles. The number of aromatic nitrogens is 1. The number of piperazine rings is 1. The van der Waals surface area contributed by atoms with Crippen LogP contribution >= 0.6 is 0 Å². The van der Waals surface area contributed by atoms with Crippen molar-refractivity contribution in [3.05, 3.63) is 30.1 Å². The fourth-order valence-corrected chi connectivity index (χ4v) is 2.98. The zero-order chi connectivity index (χ0) is 21.1. The quantitative estimate of drug-likeness (QED) is 0.411. The lowest BCUT2D eigenvalue weighted by atomic mass is 10.2. The van der Waals surface area contributed by atoms with Crippen LogP contribution in [0.15, 0.2) is 29.4 Å². The maximum absolute atomic E-state index is 12.1. The van der Waals surface area contributed by atoms with E-state index in [4.69, 9.17) is 4.74 Å². The minimum Gasteiger partial charge on any atom is -0.444 e. The van der Waals surface area contributed by atoms with Gasteiger partial charge in [-0.05, 0) is 52.8 Å². The summed E-state index contributed by atoms with van der Waals surface area (Å²) in [4.78, 5) is 25.2. The van der Waals surface area contributed by atoms with Crippen LogP contribution in [0.25, 0.3) is 0 Å². The molecule has 1 amide bonds. The average molecular weight is 405 g/mol. The van der Waals surface area contributed by atoms with E-state index in [9.17, 15) is 4.79 Å². The van der Waals surface area contributed by atoms with E-state index < -0.39 is 5.60 Å². The highest BCUT2D eigenvalue weighted by Crippen LogP contribution is 2.11. The molecule has 0 radical (unpaired) electrons. The number of amides is 1. The summed E-state index contributed by atoms with van der Waals surface area (Å²) in [6.45, 7) is 14.2. The normalized spacial score (nSPS) is 15.9. The van der Waals surface area contributed by atoms with Crippen LogP contribution in [0, 0.1) is 0 Å². The van der Waals surface area contributed by atoms with Crippen LogP contribution in [0.4, 0.5) is 4.79 Å². The van der Waals surface area contributed by atoms with Crippen LogP contribution in [0.3, 0.4) is 0 Å². The first-order valence-corrected chi connectivity index (χ1v) is 10.5. The van der Waals surface area contributed by atoms with Gasteiger partial charge in [0.2, 0.25) is 0 Å². The zero-order valence-electron chi connectivity index (χ0n) is 18.3. The van der Waals surface area contributed by atoms with Gasteiger partial charge in [-0.2, -0.15) is 0 Å². The Labute approximate surface area is 174 Å². The fraction of sp³-hybridized carbons (Fsp3) is 0.667. The van der Waals surface area contributed by atoms with Crippen molar-refractivity contribution in [1.82, 2.24) is 25.4 Å². The number of pyridine rings is 1. The lowest BCUT2D eigenvalue weighted by molar-refractivity contribution is 0.0145. The number of hydrogen-bond acceptors (Lipinski definition) is 5. The summed E-state index contributed by atoms with van der Waals surface area (Å²) in [6, 6.07) is 5.86. The van der Waals surface area contributed by atoms with Crippen molar-refractivity contribution in [1.29, 1.82) is 0 Å². The highest BCUT2D eigenvalue weighted by Gasteiger charge is 2.25. The molecule has 8 nitrogen and oxygen atoms in total. The van der Waals surface area contributed by atoms with Gasteiger partial charge < -0.3 is 20.3 Å². The van der Waals surface area contributed by atoms with Gasteiger partial charge in [0, 0.05) is 45.5 Å². The van der Waals surface area contributed by atoms with E-state index >= 15 is 0 Å². The molecule has 8 heteroatoms. The van der Waals surface area contributed by atoms with Gasteiger partial charge in [0.25, 0.3) is 0 Å². The molecule has 1 aliphatic heterocycles. The number of carbonyl (C=O) groups excluding carboxylic acids is 1. The number of carbonyl (C=O) groups is 1. The highest BCUT2D eigenvalue weighted by atomic mass is 16.6. The number of rotatable bonds is 7. The Morgan fingerprint density at radius 2 is 1.97 bits per heavy atom. The molecule has 2 rings (SSSR count). The van der Waals surface area contributed by atoms with Crippen molar-refractivity contribution in [2.75, 3.05) is 45.8 Å². The predicted molar refractivity (Wildman–Crippen MR) is 116 cm³/mol. The summed E-state index contributed by atoms with van der Waals surface area (Å²) in [7, 11) is 0. The molecule has 162 valence electrons. The van der Waals surface area contributed by atoms with Crippen molar-refractivity contribution in [3.63, 3.8) is 0 Å². The molecule has 1 fully saturated rings. The van der Waals surface area contributed by atoms with Crippen LogP contribution in [-0.2, 0) is 11.3 Å². The molecule has 0 aromatic carbocycles. The second kappa shape index (κ2) is 11.6. The van der Waals surface area contributed by atoms with E-state index in [2.05, 4.69) is 32.4 Å². The van der Waals surface area contributed by atoms with Crippen LogP contribution in [-0.4, -0.2) is 78.3 Å². The van der Waals surface area contributed by atoms with Gasteiger partial charge in [-0.1, -0.05) is 6.07 Å². The molecular formula is C21H36N6O2. The molecule has 2 heterocycles. The Morgan fingerprint density at radius 1 is 1.21 bits per heavy atom. The lowest BCUT2D eigenvalue weighted by Crippen LogP contribution is -2.50. The SMILES string of the molecule is CCNC(=NCc1ccccn1)NCCCN1CCN(C(=O)OC(C)(C)C)CC1. The summed E-state index contributed by atoms with van der Waals surface area (Å²) < 4.78 is 5.45. The minimum atomic E-state index is -0.442. The zero-order valence-corrected chi connectivity index (χ0v) is 18.3. The molecule has 1 aliphatic rings. The topological polar surface area (TPSA) is 82.1 Å². The number of aliphatic imine (C=N–C) groups is 1. The molecule has 0 atom stereocenters. The monoisotopic (exact) mass is 404 g/mol. The van der Waals surface area contributed by atoms with E-state index in [1.165, 1.54) is 0 Å². The molecule has 0 bridgehead atoms. The fourth-order valence-electron chi connectivity index (χ4n) is 2.98. The van der Waals surface area contributed by atoms with E-state index in [1.54, 1.807) is 11.1 Å². The lowest BCUT2D eigenvalue weighted by Gasteiger charge is -2.35. The maximum Gasteiger partial charge on any atom is 0.410 e. The number of nitrogens with zero attached hydrogens (tertiary/aromatic N) is 4. The smallest absolute Gasteiger partial charge is 0.410 e. The Hall–Kier alpha value is -2.35. The highest BCUT2D eigenvalue weighted by molar-refractivity contribution is 5.79. The van der Waals surface area contributed by atoms with Gasteiger partial charge in [-0.15, -0.1) is 0 Å². The van der Waals surface area contributed by atoms with Gasteiger partial charge in [-0.25, -0.2) is 9.79 Å². The molecule has 0 spiro atoms. The predicted octanol–water partition coefficient (Wildman–Crippen LogP) is 2.08. The van der Waals surface area contributed by atoms with Gasteiger partial charge >= 0.3 is 6.09 Å². The minimum absolute atomic E-state index is 0.210. The number of guanidine groups is 1. The first kappa shape index (κ1) is 22.9. The molecular weight excluding hydrogens is 368 g/mol. The number of hydrogen-bond donors (Lipinski definition) is 2. The summed E-state index contributed by atoms with van der Waals surface area (Å²) >= 11 is 0.